The van der Waals surface area contributed by atoms with Gasteiger partial charge in [-0.05, 0) is 67.7 Å². The van der Waals surface area contributed by atoms with Crippen LogP contribution < -0.4 is 9.62 Å². The third-order valence-electron chi connectivity index (χ3n) is 5.57. The average molecular weight is 464 g/mol. The number of nitrogens with one attached hydrogen (secondary N) is 1. The normalized spacial score (nSPS) is 15.6. The second kappa shape index (κ2) is 10.5. The van der Waals surface area contributed by atoms with Crippen molar-refractivity contribution in [1.29, 1.82) is 0 Å². The van der Waals surface area contributed by atoms with E-state index in [9.17, 15) is 13.2 Å². The molecule has 31 heavy (non-hydrogen) atoms. The van der Waals surface area contributed by atoms with Gasteiger partial charge in [0, 0.05) is 18.1 Å². The van der Waals surface area contributed by atoms with Crippen molar-refractivity contribution in [2.75, 3.05) is 23.7 Å². The highest BCUT2D eigenvalue weighted by atomic mass is 35.5. The average Bonchev–Trinajstić information content (AvgIpc) is 3.24. The lowest BCUT2D eigenvalue weighted by molar-refractivity contribution is -0.122. The Bertz CT molecular complexity index is 989. The SMILES string of the molecule is CC[C@H](C(=O)NCc1ccccc1CN1CCCC1)N(c1ccc(Cl)cc1)S(C)(=O)=O. The van der Waals surface area contributed by atoms with E-state index in [0.717, 1.165) is 31.5 Å². The first-order valence-electron chi connectivity index (χ1n) is 10.6. The highest BCUT2D eigenvalue weighted by Gasteiger charge is 2.31. The summed E-state index contributed by atoms with van der Waals surface area (Å²) < 4.78 is 26.3. The number of nitrogens with zero attached hydrogens (tertiary/aromatic N) is 2. The van der Waals surface area contributed by atoms with Gasteiger partial charge in [-0.1, -0.05) is 42.8 Å². The summed E-state index contributed by atoms with van der Waals surface area (Å²) in [4.78, 5) is 15.5. The van der Waals surface area contributed by atoms with E-state index in [1.807, 2.05) is 18.2 Å². The molecule has 0 radical (unpaired) electrons. The standard InChI is InChI=1S/C23H30ClN3O3S/c1-3-22(27(31(2,29)30)21-12-10-20(24)11-13-21)23(28)25-16-18-8-4-5-9-19(18)17-26-14-6-7-15-26/h4-5,8-13,22H,3,6-7,14-17H2,1-2H3,(H,25,28)/t22-/m1/s1. The molecule has 0 unspecified atom stereocenters. The summed E-state index contributed by atoms with van der Waals surface area (Å²) in [7, 11) is -3.67. The van der Waals surface area contributed by atoms with E-state index < -0.39 is 16.1 Å². The molecule has 1 aliphatic heterocycles. The lowest BCUT2D eigenvalue weighted by Crippen LogP contribution is -2.49. The number of anilines is 1. The molecule has 1 amide bonds. The molecule has 0 bridgehead atoms. The van der Waals surface area contributed by atoms with Crippen molar-refractivity contribution in [1.82, 2.24) is 10.2 Å². The van der Waals surface area contributed by atoms with Gasteiger partial charge in [0.2, 0.25) is 15.9 Å². The van der Waals surface area contributed by atoms with Crippen LogP contribution in [0.1, 0.15) is 37.3 Å². The Balaban J connectivity index is 1.75. The summed E-state index contributed by atoms with van der Waals surface area (Å²) in [6.07, 6.45) is 3.91. The van der Waals surface area contributed by atoms with Gasteiger partial charge in [-0.15, -0.1) is 0 Å². The highest BCUT2D eigenvalue weighted by molar-refractivity contribution is 7.92. The Labute approximate surface area is 190 Å². The zero-order chi connectivity index (χ0) is 22.4. The van der Waals surface area contributed by atoms with Crippen molar-refractivity contribution in [3.63, 3.8) is 0 Å². The Morgan fingerprint density at radius 1 is 1.10 bits per heavy atom. The fourth-order valence-electron chi connectivity index (χ4n) is 4.01. The molecule has 0 saturated carbocycles. The van der Waals surface area contributed by atoms with Crippen molar-refractivity contribution in [3.8, 4) is 0 Å². The second-order valence-corrected chi connectivity index (χ2v) is 10.2. The number of sulfonamides is 1. The van der Waals surface area contributed by atoms with Crippen LogP contribution in [-0.4, -0.2) is 44.6 Å². The first kappa shape index (κ1) is 23.6. The largest absolute Gasteiger partial charge is 0.350 e. The maximum atomic E-state index is 13.1. The molecule has 1 aliphatic rings. The molecular formula is C23H30ClN3O3S. The van der Waals surface area contributed by atoms with Gasteiger partial charge < -0.3 is 5.32 Å². The number of carbonyl (C=O) groups excluding carboxylic acids is 1. The molecule has 1 N–H and O–H groups in total. The van der Waals surface area contributed by atoms with Crippen LogP contribution in [0.5, 0.6) is 0 Å². The molecular weight excluding hydrogens is 434 g/mol. The molecule has 1 heterocycles. The van der Waals surface area contributed by atoms with Gasteiger partial charge in [0.15, 0.2) is 0 Å². The fourth-order valence-corrected chi connectivity index (χ4v) is 5.35. The van der Waals surface area contributed by atoms with Gasteiger partial charge in [-0.25, -0.2) is 8.42 Å². The Morgan fingerprint density at radius 3 is 2.29 bits per heavy atom. The Hall–Kier alpha value is -2.09. The number of rotatable bonds is 9. The van der Waals surface area contributed by atoms with Gasteiger partial charge in [0.05, 0.1) is 11.9 Å². The highest BCUT2D eigenvalue weighted by Crippen LogP contribution is 2.24. The molecule has 3 rings (SSSR count). The molecule has 0 aliphatic carbocycles. The minimum Gasteiger partial charge on any atom is -0.350 e. The molecule has 6 nitrogen and oxygen atoms in total. The number of hydrogen-bond acceptors (Lipinski definition) is 4. The van der Waals surface area contributed by atoms with Crippen molar-refractivity contribution in [2.24, 2.45) is 0 Å². The van der Waals surface area contributed by atoms with Crippen molar-refractivity contribution in [3.05, 3.63) is 64.7 Å². The third kappa shape index (κ3) is 6.21. The van der Waals surface area contributed by atoms with Gasteiger partial charge >= 0.3 is 0 Å². The first-order chi connectivity index (χ1) is 14.8. The summed E-state index contributed by atoms with van der Waals surface area (Å²) >= 11 is 5.95. The van der Waals surface area contributed by atoms with Gasteiger partial charge in [0.1, 0.15) is 6.04 Å². The van der Waals surface area contributed by atoms with Gasteiger partial charge in [-0.2, -0.15) is 0 Å². The number of likely N-dealkylation sites (tertiary alicyclic amines) is 1. The van der Waals surface area contributed by atoms with Crippen LogP contribution in [-0.2, 0) is 27.9 Å². The number of carbonyl (C=O) groups is 1. The van der Waals surface area contributed by atoms with Crippen LogP contribution >= 0.6 is 11.6 Å². The van der Waals surface area contributed by atoms with Crippen LogP contribution in [0, 0.1) is 0 Å². The van der Waals surface area contributed by atoms with Crippen LogP contribution in [0.4, 0.5) is 5.69 Å². The lowest BCUT2D eigenvalue weighted by Gasteiger charge is -2.30. The molecule has 0 aromatic heterocycles. The molecule has 2 aromatic rings. The van der Waals surface area contributed by atoms with E-state index in [1.54, 1.807) is 31.2 Å². The number of halogens is 1. The van der Waals surface area contributed by atoms with Crippen molar-refractivity contribution < 1.29 is 13.2 Å². The van der Waals surface area contributed by atoms with E-state index in [2.05, 4.69) is 16.3 Å². The molecule has 1 atom stereocenters. The van der Waals surface area contributed by atoms with Crippen molar-refractivity contribution >= 4 is 33.2 Å². The quantitative estimate of drug-likeness (QED) is 0.614. The van der Waals surface area contributed by atoms with Crippen LogP contribution in [0.25, 0.3) is 0 Å². The monoisotopic (exact) mass is 463 g/mol. The van der Waals surface area contributed by atoms with Gasteiger partial charge in [0.25, 0.3) is 0 Å². The smallest absolute Gasteiger partial charge is 0.244 e. The van der Waals surface area contributed by atoms with Crippen LogP contribution in [0.15, 0.2) is 48.5 Å². The number of amides is 1. The molecule has 1 fully saturated rings. The van der Waals surface area contributed by atoms with E-state index in [4.69, 9.17) is 11.6 Å². The summed E-state index contributed by atoms with van der Waals surface area (Å²) in [6, 6.07) is 13.7. The number of hydrogen-bond donors (Lipinski definition) is 1. The fraction of sp³-hybridized carbons (Fsp3) is 0.435. The molecule has 0 spiro atoms. The maximum Gasteiger partial charge on any atom is 0.244 e. The first-order valence-corrected chi connectivity index (χ1v) is 12.8. The minimum atomic E-state index is -3.67. The predicted molar refractivity (Wildman–Crippen MR) is 126 cm³/mol. The third-order valence-corrected chi connectivity index (χ3v) is 7.01. The van der Waals surface area contributed by atoms with E-state index in [0.29, 0.717) is 23.7 Å². The molecule has 8 heteroatoms. The summed E-state index contributed by atoms with van der Waals surface area (Å²) in [5.74, 6) is -0.321. The van der Waals surface area contributed by atoms with Gasteiger partial charge in [-0.3, -0.25) is 14.0 Å². The van der Waals surface area contributed by atoms with Crippen molar-refractivity contribution in [2.45, 2.75) is 45.3 Å². The maximum absolute atomic E-state index is 13.1. The van der Waals surface area contributed by atoms with Crippen LogP contribution in [0.3, 0.4) is 0 Å². The van der Waals surface area contributed by atoms with E-state index >= 15 is 0 Å². The number of benzene rings is 2. The topological polar surface area (TPSA) is 69.7 Å². The zero-order valence-corrected chi connectivity index (χ0v) is 19.6. The zero-order valence-electron chi connectivity index (χ0n) is 18.1. The van der Waals surface area contributed by atoms with E-state index in [-0.39, 0.29) is 5.91 Å². The lowest BCUT2D eigenvalue weighted by atomic mass is 10.1. The Kier molecular flexibility index (Phi) is 7.97. The predicted octanol–water partition coefficient (Wildman–Crippen LogP) is 3.80. The summed E-state index contributed by atoms with van der Waals surface area (Å²) in [5.41, 5.74) is 2.66. The minimum absolute atomic E-state index is 0.321. The summed E-state index contributed by atoms with van der Waals surface area (Å²) in [5, 5.41) is 3.46. The molecule has 1 saturated heterocycles. The van der Waals surface area contributed by atoms with Crippen LogP contribution in [0.2, 0.25) is 5.02 Å². The molecule has 168 valence electrons. The molecule has 2 aromatic carbocycles. The Morgan fingerprint density at radius 2 is 1.71 bits per heavy atom. The summed E-state index contributed by atoms with van der Waals surface area (Å²) in [6.45, 7) is 5.23. The van der Waals surface area contributed by atoms with E-state index in [1.165, 1.54) is 22.7 Å². The second-order valence-electron chi connectivity index (χ2n) is 7.93.